The van der Waals surface area contributed by atoms with Crippen molar-refractivity contribution in [2.45, 2.75) is 91.0 Å². The van der Waals surface area contributed by atoms with E-state index in [0.29, 0.717) is 12.3 Å². The van der Waals surface area contributed by atoms with Crippen LogP contribution in [0.1, 0.15) is 86.4 Å². The van der Waals surface area contributed by atoms with Gasteiger partial charge < -0.3 is 11.8 Å². The van der Waals surface area contributed by atoms with Crippen LogP contribution in [0.3, 0.4) is 0 Å². The normalized spacial score (nSPS) is 12.2. The Bertz CT molecular complexity index is 241. The van der Waals surface area contributed by atoms with Crippen LogP contribution in [0.4, 0.5) is 0 Å². The van der Waals surface area contributed by atoms with E-state index in [1.54, 1.807) is 0 Å². The molecule has 122 valence electrons. The molecule has 0 unspecified atom stereocenters. The first-order chi connectivity index (χ1) is 9.57. The monoisotopic (exact) mass is 309 g/mol. The number of aliphatic carboxylic acids is 1. The molecule has 0 aromatic heterocycles. The van der Waals surface area contributed by atoms with Crippen LogP contribution < -0.4 is 34.9 Å². The van der Waals surface area contributed by atoms with Crippen LogP contribution >= 0.6 is 0 Å². The molecule has 0 saturated heterocycles. The third-order valence-electron chi connectivity index (χ3n) is 3.68. The second-order valence-electron chi connectivity index (χ2n) is 6.30. The standard InChI is InChI=1S/C17H35NO2.Na.H/c1-4-5-6-7-8-9-10-11-12-13-18-16(17(19)20)14-15(2)3;;/h15-16,18H,4-14H2,1-3H3,(H,19,20);;/q;+1;-1/t16-;;/m0../s1. The van der Waals surface area contributed by atoms with Crippen molar-refractivity contribution in [2.75, 3.05) is 6.54 Å². The maximum Gasteiger partial charge on any atom is 1.00 e. The van der Waals surface area contributed by atoms with Crippen LogP contribution in [-0.4, -0.2) is 23.7 Å². The molecular weight excluding hydrogens is 273 g/mol. The fraction of sp³-hybridized carbons (Fsp3) is 0.941. The summed E-state index contributed by atoms with van der Waals surface area (Å²) in [5.41, 5.74) is 0. The van der Waals surface area contributed by atoms with Crippen LogP contribution in [0.2, 0.25) is 0 Å². The van der Waals surface area contributed by atoms with Crippen molar-refractivity contribution in [3.8, 4) is 0 Å². The molecule has 0 radical (unpaired) electrons. The fourth-order valence-electron chi connectivity index (χ4n) is 2.45. The second kappa shape index (κ2) is 16.8. The van der Waals surface area contributed by atoms with Crippen molar-refractivity contribution < 1.29 is 40.9 Å². The summed E-state index contributed by atoms with van der Waals surface area (Å²) in [5.74, 6) is -0.290. The molecule has 0 spiro atoms. The van der Waals surface area contributed by atoms with E-state index < -0.39 is 5.97 Å². The average Bonchev–Trinajstić information content (AvgIpc) is 2.39. The predicted octanol–water partition coefficient (Wildman–Crippen LogP) is 1.72. The summed E-state index contributed by atoms with van der Waals surface area (Å²) < 4.78 is 0. The Labute approximate surface area is 155 Å². The number of rotatable bonds is 14. The van der Waals surface area contributed by atoms with Gasteiger partial charge in [0.2, 0.25) is 0 Å². The summed E-state index contributed by atoms with van der Waals surface area (Å²) in [6.07, 6.45) is 12.4. The number of carboxylic acids is 1. The molecule has 0 aromatic carbocycles. The van der Waals surface area contributed by atoms with E-state index in [1.165, 1.54) is 51.4 Å². The topological polar surface area (TPSA) is 49.3 Å². The molecule has 0 fully saturated rings. The minimum absolute atomic E-state index is 0. The summed E-state index contributed by atoms with van der Waals surface area (Å²) in [5, 5.41) is 12.3. The fourth-order valence-corrected chi connectivity index (χ4v) is 2.45. The Kier molecular flexibility index (Phi) is 18.9. The summed E-state index contributed by atoms with van der Waals surface area (Å²) in [6.45, 7) is 7.21. The average molecular weight is 309 g/mol. The molecule has 2 N–H and O–H groups in total. The number of carbonyl (C=O) groups is 1. The minimum atomic E-state index is -0.713. The van der Waals surface area contributed by atoms with Crippen molar-refractivity contribution in [3.05, 3.63) is 0 Å². The Morgan fingerprint density at radius 1 is 1.00 bits per heavy atom. The zero-order valence-corrected chi connectivity index (χ0v) is 16.8. The molecule has 0 aliphatic carbocycles. The van der Waals surface area contributed by atoms with Crippen molar-refractivity contribution in [2.24, 2.45) is 5.92 Å². The molecule has 3 nitrogen and oxygen atoms in total. The molecule has 0 rings (SSSR count). The van der Waals surface area contributed by atoms with Crippen molar-refractivity contribution in [1.82, 2.24) is 5.32 Å². The molecule has 21 heavy (non-hydrogen) atoms. The smallest absolute Gasteiger partial charge is 1.00 e. The van der Waals surface area contributed by atoms with Gasteiger partial charge in [0.25, 0.3) is 0 Å². The van der Waals surface area contributed by atoms with Crippen molar-refractivity contribution in [1.29, 1.82) is 0 Å². The third kappa shape index (κ3) is 16.6. The van der Waals surface area contributed by atoms with Gasteiger partial charge in [0.1, 0.15) is 6.04 Å². The molecule has 0 aromatic rings. The zero-order chi connectivity index (χ0) is 15.2. The van der Waals surface area contributed by atoms with E-state index in [0.717, 1.165) is 13.0 Å². The van der Waals surface area contributed by atoms with Gasteiger partial charge in [0.15, 0.2) is 0 Å². The molecule has 4 heteroatoms. The SMILES string of the molecule is CCCCCCCCCCCN[C@@H](CC(C)C)C(=O)O.[H-].[Na+]. The zero-order valence-electron chi connectivity index (χ0n) is 15.8. The van der Waals surface area contributed by atoms with E-state index in [1.807, 2.05) is 0 Å². The maximum atomic E-state index is 11.1. The van der Waals surface area contributed by atoms with Gasteiger partial charge in [-0.05, 0) is 25.3 Å². The number of hydrogen-bond donors (Lipinski definition) is 2. The molecule has 0 amide bonds. The van der Waals surface area contributed by atoms with E-state index in [2.05, 4.69) is 26.1 Å². The summed E-state index contributed by atoms with van der Waals surface area (Å²) >= 11 is 0. The summed E-state index contributed by atoms with van der Waals surface area (Å²) in [4.78, 5) is 11.1. The first kappa shape index (κ1) is 23.7. The summed E-state index contributed by atoms with van der Waals surface area (Å²) in [7, 11) is 0. The van der Waals surface area contributed by atoms with Crippen LogP contribution in [-0.2, 0) is 4.79 Å². The number of nitrogens with one attached hydrogen (secondary N) is 1. The second-order valence-corrected chi connectivity index (χ2v) is 6.30. The van der Waals surface area contributed by atoms with Gasteiger partial charge in [-0.3, -0.25) is 4.79 Å². The van der Waals surface area contributed by atoms with Crippen LogP contribution in [0, 0.1) is 5.92 Å². The van der Waals surface area contributed by atoms with Gasteiger partial charge in [0, 0.05) is 0 Å². The van der Waals surface area contributed by atoms with Gasteiger partial charge >= 0.3 is 35.5 Å². The van der Waals surface area contributed by atoms with Gasteiger partial charge in [-0.25, -0.2) is 0 Å². The number of unbranched alkanes of at least 4 members (excludes halogenated alkanes) is 8. The first-order valence-electron chi connectivity index (χ1n) is 8.54. The molecule has 1 atom stereocenters. The minimum Gasteiger partial charge on any atom is -1.00 e. The molecule has 0 heterocycles. The molecular formula is C17H36NNaO2. The van der Waals surface area contributed by atoms with Gasteiger partial charge in [0.05, 0.1) is 0 Å². The molecule has 0 aliphatic rings. The van der Waals surface area contributed by atoms with E-state index in [9.17, 15) is 4.79 Å². The summed E-state index contributed by atoms with van der Waals surface area (Å²) in [6, 6.07) is -0.371. The van der Waals surface area contributed by atoms with Gasteiger partial charge in [-0.1, -0.05) is 72.1 Å². The Balaban J connectivity index is -0.00000180. The van der Waals surface area contributed by atoms with E-state index >= 15 is 0 Å². The van der Waals surface area contributed by atoms with Crippen LogP contribution in [0.25, 0.3) is 0 Å². The van der Waals surface area contributed by atoms with Crippen LogP contribution in [0.15, 0.2) is 0 Å². The third-order valence-corrected chi connectivity index (χ3v) is 3.68. The van der Waals surface area contributed by atoms with Crippen molar-refractivity contribution in [3.63, 3.8) is 0 Å². The number of carboxylic acid groups (broad SMARTS) is 1. The largest absolute Gasteiger partial charge is 1.00 e. The van der Waals surface area contributed by atoms with Gasteiger partial charge in [-0.2, -0.15) is 0 Å². The first-order valence-corrected chi connectivity index (χ1v) is 8.54. The maximum absolute atomic E-state index is 11.1. The predicted molar refractivity (Wildman–Crippen MR) is 87.2 cm³/mol. The van der Waals surface area contributed by atoms with E-state index in [4.69, 9.17) is 5.11 Å². The quantitative estimate of drug-likeness (QED) is 0.379. The Hall–Kier alpha value is 0.430. The molecule has 0 bridgehead atoms. The van der Waals surface area contributed by atoms with Crippen LogP contribution in [0.5, 0.6) is 0 Å². The number of hydrogen-bond acceptors (Lipinski definition) is 2. The molecule has 0 saturated carbocycles. The van der Waals surface area contributed by atoms with Crippen molar-refractivity contribution >= 4 is 5.97 Å². The Morgan fingerprint density at radius 2 is 1.48 bits per heavy atom. The Morgan fingerprint density at radius 3 is 1.90 bits per heavy atom. The van der Waals surface area contributed by atoms with E-state index in [-0.39, 0.29) is 37.0 Å². The molecule has 0 aliphatic heterocycles. The van der Waals surface area contributed by atoms with Gasteiger partial charge in [-0.15, -0.1) is 0 Å².